The third kappa shape index (κ3) is 5.79. The van der Waals surface area contributed by atoms with E-state index < -0.39 is 0 Å². The van der Waals surface area contributed by atoms with Crippen LogP contribution in [0.25, 0.3) is 0 Å². The number of carbonyl (C=O) groups is 1. The molecule has 1 amide bonds. The Balaban J connectivity index is 1.93. The van der Waals surface area contributed by atoms with Gasteiger partial charge in [0.15, 0.2) is 5.82 Å². The van der Waals surface area contributed by atoms with Crippen LogP contribution in [0.3, 0.4) is 0 Å². The lowest BCUT2D eigenvalue weighted by molar-refractivity contribution is -0.132. The first kappa shape index (κ1) is 20.9. The Kier molecular flexibility index (Phi) is 8.07. The third-order valence-electron chi connectivity index (χ3n) is 5.55. The van der Waals surface area contributed by atoms with Crippen LogP contribution >= 0.6 is 0 Å². The van der Waals surface area contributed by atoms with E-state index in [4.69, 9.17) is 4.52 Å². The summed E-state index contributed by atoms with van der Waals surface area (Å²) in [5, 5.41) is 4.06. The van der Waals surface area contributed by atoms with Gasteiger partial charge in [-0.2, -0.15) is 4.98 Å². The predicted molar refractivity (Wildman–Crippen MR) is 103 cm³/mol. The highest BCUT2D eigenvalue weighted by molar-refractivity contribution is 5.73. The molecule has 1 aliphatic rings. The van der Waals surface area contributed by atoms with E-state index in [1.807, 2.05) is 18.7 Å². The molecule has 1 atom stereocenters. The fourth-order valence-electron chi connectivity index (χ4n) is 3.78. The summed E-state index contributed by atoms with van der Waals surface area (Å²) < 4.78 is 5.28. The van der Waals surface area contributed by atoms with E-state index in [1.165, 1.54) is 12.8 Å². The number of hydrogen-bond acceptors (Lipinski definition) is 5. The average molecular weight is 365 g/mol. The molecule has 2 heterocycles. The van der Waals surface area contributed by atoms with Crippen molar-refractivity contribution >= 4 is 5.91 Å². The molecule has 0 N–H and O–H groups in total. The van der Waals surface area contributed by atoms with Crippen LogP contribution in [0.15, 0.2) is 4.52 Å². The monoisotopic (exact) mass is 364 g/mol. The molecular weight excluding hydrogens is 328 g/mol. The fraction of sp³-hybridized carbons (Fsp3) is 0.850. The summed E-state index contributed by atoms with van der Waals surface area (Å²) in [4.78, 5) is 21.3. The lowest BCUT2D eigenvalue weighted by Gasteiger charge is -2.40. The molecule has 0 saturated carbocycles. The molecule has 26 heavy (non-hydrogen) atoms. The fourth-order valence-corrected chi connectivity index (χ4v) is 3.78. The van der Waals surface area contributed by atoms with Crippen LogP contribution in [0.2, 0.25) is 0 Å². The first-order valence-electron chi connectivity index (χ1n) is 10.3. The lowest BCUT2D eigenvalue weighted by Crippen LogP contribution is -2.51. The van der Waals surface area contributed by atoms with Crippen LogP contribution in [-0.4, -0.2) is 58.1 Å². The van der Waals surface area contributed by atoms with E-state index in [-0.39, 0.29) is 11.8 Å². The highest BCUT2D eigenvalue weighted by Gasteiger charge is 2.28. The van der Waals surface area contributed by atoms with Crippen molar-refractivity contribution in [3.63, 3.8) is 0 Å². The minimum atomic E-state index is 0.145. The molecule has 0 aromatic carbocycles. The van der Waals surface area contributed by atoms with Crippen LogP contribution in [0, 0.1) is 5.92 Å². The van der Waals surface area contributed by atoms with Gasteiger partial charge in [0, 0.05) is 44.9 Å². The van der Waals surface area contributed by atoms with Crippen molar-refractivity contribution in [2.24, 2.45) is 5.92 Å². The maximum atomic E-state index is 12.3. The molecule has 2 rings (SSSR count). The summed E-state index contributed by atoms with van der Waals surface area (Å²) in [7, 11) is 0. The van der Waals surface area contributed by atoms with Crippen LogP contribution in [0.1, 0.15) is 77.9 Å². The molecule has 6 nitrogen and oxygen atoms in total. The number of nitrogens with zero attached hydrogens (tertiary/aromatic N) is 4. The van der Waals surface area contributed by atoms with Crippen molar-refractivity contribution in [1.29, 1.82) is 0 Å². The molecule has 6 heteroatoms. The zero-order chi connectivity index (χ0) is 19.1. The second-order valence-corrected chi connectivity index (χ2v) is 7.90. The molecule has 0 aliphatic carbocycles. The van der Waals surface area contributed by atoms with E-state index in [2.05, 4.69) is 28.9 Å². The summed E-state index contributed by atoms with van der Waals surface area (Å²) in [6.07, 6.45) is 5.35. The highest BCUT2D eigenvalue weighted by Crippen LogP contribution is 2.20. The largest absolute Gasteiger partial charge is 0.339 e. The summed E-state index contributed by atoms with van der Waals surface area (Å²) in [5.74, 6) is 2.51. The molecule has 0 spiro atoms. The van der Waals surface area contributed by atoms with Crippen LogP contribution < -0.4 is 0 Å². The molecule has 1 aromatic heterocycles. The summed E-state index contributed by atoms with van der Waals surface area (Å²) in [6.45, 7) is 14.2. The molecular formula is C20H36N4O2. The smallest absolute Gasteiger partial charge is 0.229 e. The maximum absolute atomic E-state index is 12.3. The Labute approximate surface area is 158 Å². The Morgan fingerprint density at radius 2 is 2.08 bits per heavy atom. The minimum absolute atomic E-state index is 0.145. The molecule has 0 radical (unpaired) electrons. The Morgan fingerprint density at radius 3 is 2.65 bits per heavy atom. The van der Waals surface area contributed by atoms with E-state index >= 15 is 0 Å². The maximum Gasteiger partial charge on any atom is 0.229 e. The minimum Gasteiger partial charge on any atom is -0.339 e. The van der Waals surface area contributed by atoms with Gasteiger partial charge in [-0.1, -0.05) is 45.7 Å². The van der Waals surface area contributed by atoms with Crippen molar-refractivity contribution in [3.05, 3.63) is 11.7 Å². The van der Waals surface area contributed by atoms with Crippen LogP contribution in [0.4, 0.5) is 0 Å². The summed E-state index contributed by atoms with van der Waals surface area (Å²) in [5.41, 5.74) is 0. The SMILES string of the molecule is CCC(CC)CN1CCCC(N(CCc2noc(C(C)C)n2)C(C)=O)C1. The third-order valence-corrected chi connectivity index (χ3v) is 5.55. The first-order chi connectivity index (χ1) is 12.4. The van der Waals surface area contributed by atoms with Crippen molar-refractivity contribution in [1.82, 2.24) is 19.9 Å². The number of rotatable bonds is 9. The van der Waals surface area contributed by atoms with Gasteiger partial charge >= 0.3 is 0 Å². The average Bonchev–Trinajstić information content (AvgIpc) is 3.09. The number of hydrogen-bond donors (Lipinski definition) is 0. The number of carbonyl (C=O) groups excluding carboxylic acids is 1. The zero-order valence-electron chi connectivity index (χ0n) is 17.2. The lowest BCUT2D eigenvalue weighted by atomic mass is 9.98. The van der Waals surface area contributed by atoms with Crippen molar-refractivity contribution in [2.45, 2.75) is 78.7 Å². The number of amides is 1. The van der Waals surface area contributed by atoms with Crippen molar-refractivity contribution in [3.8, 4) is 0 Å². The molecule has 148 valence electrons. The Morgan fingerprint density at radius 1 is 1.35 bits per heavy atom. The van der Waals surface area contributed by atoms with Gasteiger partial charge in [-0.15, -0.1) is 0 Å². The summed E-state index contributed by atoms with van der Waals surface area (Å²) >= 11 is 0. The molecule has 1 aromatic rings. The van der Waals surface area contributed by atoms with E-state index in [0.717, 1.165) is 38.4 Å². The number of piperidine rings is 1. The summed E-state index contributed by atoms with van der Waals surface area (Å²) in [6, 6.07) is 0.298. The second kappa shape index (κ2) is 10.0. The molecule has 1 saturated heterocycles. The van der Waals surface area contributed by atoms with Crippen molar-refractivity contribution in [2.75, 3.05) is 26.2 Å². The van der Waals surface area contributed by atoms with Gasteiger partial charge in [-0.25, -0.2) is 0 Å². The van der Waals surface area contributed by atoms with Gasteiger partial charge in [0.05, 0.1) is 0 Å². The highest BCUT2D eigenvalue weighted by atomic mass is 16.5. The molecule has 1 fully saturated rings. The van der Waals surface area contributed by atoms with Gasteiger partial charge in [0.1, 0.15) is 0 Å². The van der Waals surface area contributed by atoms with E-state index in [0.29, 0.717) is 30.7 Å². The number of aromatic nitrogens is 2. The van der Waals surface area contributed by atoms with Gasteiger partial charge < -0.3 is 14.3 Å². The van der Waals surface area contributed by atoms with Gasteiger partial charge in [0.25, 0.3) is 0 Å². The zero-order valence-corrected chi connectivity index (χ0v) is 17.2. The van der Waals surface area contributed by atoms with Crippen LogP contribution in [0.5, 0.6) is 0 Å². The van der Waals surface area contributed by atoms with E-state index in [1.54, 1.807) is 6.92 Å². The van der Waals surface area contributed by atoms with E-state index in [9.17, 15) is 4.79 Å². The first-order valence-corrected chi connectivity index (χ1v) is 10.3. The standard InChI is InChI=1S/C20H36N4O2/c1-6-17(7-2)13-23-11-8-9-18(14-23)24(16(5)25)12-10-19-21-20(15(3)4)26-22-19/h15,17-18H,6-14H2,1-5H3. The van der Waals surface area contributed by atoms with Gasteiger partial charge in [0.2, 0.25) is 11.8 Å². The Bertz CT molecular complexity index is 554. The van der Waals surface area contributed by atoms with Crippen molar-refractivity contribution < 1.29 is 9.32 Å². The molecule has 1 unspecified atom stereocenters. The molecule has 1 aliphatic heterocycles. The van der Waals surface area contributed by atoms with Crippen LogP contribution in [-0.2, 0) is 11.2 Å². The topological polar surface area (TPSA) is 62.5 Å². The van der Waals surface area contributed by atoms with Gasteiger partial charge in [-0.05, 0) is 25.3 Å². The Hall–Kier alpha value is -1.43. The molecule has 0 bridgehead atoms. The normalized spacial score (nSPS) is 18.7. The number of likely N-dealkylation sites (tertiary alicyclic amines) is 1. The van der Waals surface area contributed by atoms with Gasteiger partial charge in [-0.3, -0.25) is 4.79 Å². The quantitative estimate of drug-likeness (QED) is 0.671. The predicted octanol–water partition coefficient (Wildman–Crippen LogP) is 3.48. The second-order valence-electron chi connectivity index (χ2n) is 7.90.